The molecule has 6 N–H and O–H groups in total. The van der Waals surface area contributed by atoms with Gasteiger partial charge < -0.3 is 16.5 Å². The Kier molecular flexibility index (Phi) is 2.96. The van der Waals surface area contributed by atoms with E-state index in [1.807, 2.05) is 24.3 Å². The summed E-state index contributed by atoms with van der Waals surface area (Å²) in [6.07, 6.45) is 0.584. The number of aromatic amines is 2. The minimum atomic E-state index is -0.315. The van der Waals surface area contributed by atoms with E-state index in [9.17, 15) is 4.79 Å². The van der Waals surface area contributed by atoms with Crippen molar-refractivity contribution in [1.29, 1.82) is 0 Å². The number of hydrogen-bond acceptors (Lipinski definition) is 5. The summed E-state index contributed by atoms with van der Waals surface area (Å²) < 4.78 is 0. The number of aromatic nitrogens is 4. The van der Waals surface area contributed by atoms with Crippen molar-refractivity contribution < 1.29 is 0 Å². The highest BCUT2D eigenvalue weighted by molar-refractivity contribution is 5.70. The highest BCUT2D eigenvalue weighted by Crippen LogP contribution is 2.11. The van der Waals surface area contributed by atoms with Crippen molar-refractivity contribution in [2.24, 2.45) is 5.73 Å². The number of nitrogens with one attached hydrogen (secondary N) is 2. The molecule has 2 heterocycles. The third-order valence-corrected chi connectivity index (χ3v) is 3.06. The zero-order valence-electron chi connectivity index (χ0n) is 10.7. The molecule has 0 aliphatic rings. The van der Waals surface area contributed by atoms with E-state index in [-0.39, 0.29) is 11.5 Å². The van der Waals surface area contributed by atoms with E-state index in [1.54, 1.807) is 0 Å². The zero-order chi connectivity index (χ0) is 14.1. The topological polar surface area (TPSA) is 126 Å². The van der Waals surface area contributed by atoms with E-state index in [0.717, 1.165) is 11.1 Å². The lowest BCUT2D eigenvalue weighted by Crippen LogP contribution is -2.10. The quantitative estimate of drug-likeness (QED) is 0.543. The molecule has 0 amide bonds. The summed E-state index contributed by atoms with van der Waals surface area (Å²) in [5.74, 6) is 0.733. The number of hydrogen-bond donors (Lipinski definition) is 4. The average Bonchev–Trinajstić information content (AvgIpc) is 2.82. The Labute approximate surface area is 114 Å². The molecule has 0 fully saturated rings. The standard InChI is InChI=1S/C13H14N6O/c14-6-8-3-1-7(2-4-8)5-9-16-10-11(17-9)18-13(15)19-12(10)20/h1-4H,5-6,14H2,(H4,15,16,17,18,19,20). The van der Waals surface area contributed by atoms with E-state index in [1.165, 1.54) is 0 Å². The van der Waals surface area contributed by atoms with Crippen molar-refractivity contribution >= 4 is 17.1 Å². The van der Waals surface area contributed by atoms with Crippen LogP contribution in [-0.4, -0.2) is 19.9 Å². The number of anilines is 1. The lowest BCUT2D eigenvalue weighted by molar-refractivity contribution is 1.02. The van der Waals surface area contributed by atoms with Gasteiger partial charge in [0.25, 0.3) is 5.56 Å². The average molecular weight is 270 g/mol. The first-order valence-electron chi connectivity index (χ1n) is 6.18. The summed E-state index contributed by atoms with van der Waals surface area (Å²) in [6, 6.07) is 7.92. The van der Waals surface area contributed by atoms with Gasteiger partial charge in [-0.3, -0.25) is 9.78 Å². The third kappa shape index (κ3) is 2.26. The van der Waals surface area contributed by atoms with Gasteiger partial charge in [-0.1, -0.05) is 24.3 Å². The number of nitrogens with two attached hydrogens (primary N) is 2. The van der Waals surface area contributed by atoms with Gasteiger partial charge in [0.2, 0.25) is 5.95 Å². The van der Waals surface area contributed by atoms with E-state index >= 15 is 0 Å². The maximum Gasteiger partial charge on any atom is 0.278 e. The first-order chi connectivity index (χ1) is 9.65. The van der Waals surface area contributed by atoms with Crippen LogP contribution in [0, 0.1) is 0 Å². The Morgan fingerprint density at radius 2 is 1.75 bits per heavy atom. The van der Waals surface area contributed by atoms with Crippen LogP contribution in [-0.2, 0) is 13.0 Å². The molecule has 7 heteroatoms. The van der Waals surface area contributed by atoms with E-state index in [4.69, 9.17) is 11.5 Å². The van der Waals surface area contributed by atoms with Gasteiger partial charge in [0.1, 0.15) is 5.82 Å². The molecule has 3 aromatic rings. The molecule has 0 atom stereocenters. The number of nitrogen functional groups attached to an aromatic ring is 1. The van der Waals surface area contributed by atoms with Gasteiger partial charge in [0.15, 0.2) is 11.2 Å². The number of fused-ring (bicyclic) bond motifs is 1. The predicted molar refractivity (Wildman–Crippen MR) is 76.1 cm³/mol. The molecule has 0 aliphatic carbocycles. The lowest BCUT2D eigenvalue weighted by atomic mass is 10.1. The Bertz CT molecular complexity index is 802. The van der Waals surface area contributed by atoms with Gasteiger partial charge in [-0.25, -0.2) is 4.98 Å². The van der Waals surface area contributed by atoms with Crippen molar-refractivity contribution in [3.63, 3.8) is 0 Å². The van der Waals surface area contributed by atoms with Crippen molar-refractivity contribution in [3.05, 3.63) is 51.6 Å². The maximum absolute atomic E-state index is 11.7. The second kappa shape index (κ2) is 4.78. The van der Waals surface area contributed by atoms with Crippen molar-refractivity contribution in [2.45, 2.75) is 13.0 Å². The Morgan fingerprint density at radius 1 is 1.05 bits per heavy atom. The van der Waals surface area contributed by atoms with Gasteiger partial charge in [-0.15, -0.1) is 0 Å². The zero-order valence-corrected chi connectivity index (χ0v) is 10.7. The Morgan fingerprint density at radius 3 is 2.45 bits per heavy atom. The molecule has 0 radical (unpaired) electrons. The maximum atomic E-state index is 11.7. The van der Waals surface area contributed by atoms with Gasteiger partial charge in [0, 0.05) is 13.0 Å². The molecule has 0 saturated carbocycles. The summed E-state index contributed by atoms with van der Waals surface area (Å²) >= 11 is 0. The normalized spacial score (nSPS) is 11.1. The highest BCUT2D eigenvalue weighted by Gasteiger charge is 2.09. The smallest absolute Gasteiger partial charge is 0.278 e. The molecule has 20 heavy (non-hydrogen) atoms. The van der Waals surface area contributed by atoms with Crippen molar-refractivity contribution in [1.82, 2.24) is 19.9 Å². The Balaban J connectivity index is 1.94. The SMILES string of the molecule is NCc1ccc(Cc2nc3nc(N)[nH]c(=O)c3[nH]2)cc1. The number of H-pyrrole nitrogens is 2. The second-order valence-corrected chi connectivity index (χ2v) is 4.53. The number of imidazole rings is 1. The summed E-state index contributed by atoms with van der Waals surface area (Å²) in [7, 11) is 0. The molecular weight excluding hydrogens is 256 g/mol. The third-order valence-electron chi connectivity index (χ3n) is 3.06. The predicted octanol–water partition coefficient (Wildman–Crippen LogP) is 0.278. The number of benzene rings is 1. The summed E-state index contributed by atoms with van der Waals surface area (Å²) in [5, 5.41) is 0. The highest BCUT2D eigenvalue weighted by atomic mass is 16.1. The minimum absolute atomic E-state index is 0.0628. The van der Waals surface area contributed by atoms with Gasteiger partial charge >= 0.3 is 0 Å². The summed E-state index contributed by atoms with van der Waals surface area (Å²) in [5.41, 5.74) is 13.6. The molecule has 0 saturated heterocycles. The van der Waals surface area contributed by atoms with E-state index in [2.05, 4.69) is 19.9 Å². The van der Waals surface area contributed by atoms with Gasteiger partial charge in [-0.05, 0) is 11.1 Å². The van der Waals surface area contributed by atoms with Crippen LogP contribution in [0.3, 0.4) is 0 Å². The molecule has 0 bridgehead atoms. The first kappa shape index (κ1) is 12.4. The molecule has 7 nitrogen and oxygen atoms in total. The molecular formula is C13H14N6O. The van der Waals surface area contributed by atoms with Crippen LogP contribution in [0.15, 0.2) is 29.1 Å². The summed E-state index contributed by atoms with van der Waals surface area (Å²) in [6.45, 7) is 0.517. The Hall–Kier alpha value is -2.67. The first-order valence-corrected chi connectivity index (χ1v) is 6.18. The van der Waals surface area contributed by atoms with Crippen LogP contribution in [0.1, 0.15) is 17.0 Å². The fourth-order valence-electron chi connectivity index (χ4n) is 2.04. The number of rotatable bonds is 3. The fourth-order valence-corrected chi connectivity index (χ4v) is 2.04. The minimum Gasteiger partial charge on any atom is -0.369 e. The lowest BCUT2D eigenvalue weighted by Gasteiger charge is -2.00. The van der Waals surface area contributed by atoms with Crippen LogP contribution in [0.5, 0.6) is 0 Å². The second-order valence-electron chi connectivity index (χ2n) is 4.53. The van der Waals surface area contributed by atoms with Crippen molar-refractivity contribution in [3.8, 4) is 0 Å². The van der Waals surface area contributed by atoms with Gasteiger partial charge in [-0.2, -0.15) is 4.98 Å². The van der Waals surface area contributed by atoms with Crippen LogP contribution >= 0.6 is 0 Å². The van der Waals surface area contributed by atoms with Crippen molar-refractivity contribution in [2.75, 3.05) is 5.73 Å². The largest absolute Gasteiger partial charge is 0.369 e. The van der Waals surface area contributed by atoms with Crippen LogP contribution in [0.4, 0.5) is 5.95 Å². The van der Waals surface area contributed by atoms with Gasteiger partial charge in [0.05, 0.1) is 0 Å². The summed E-state index contributed by atoms with van der Waals surface area (Å²) in [4.78, 5) is 25.4. The van der Waals surface area contributed by atoms with Crippen LogP contribution in [0.25, 0.3) is 11.2 Å². The van der Waals surface area contributed by atoms with E-state index < -0.39 is 0 Å². The van der Waals surface area contributed by atoms with Crippen LogP contribution < -0.4 is 17.0 Å². The molecule has 0 unspecified atom stereocenters. The monoisotopic (exact) mass is 270 g/mol. The molecule has 2 aromatic heterocycles. The molecule has 102 valence electrons. The molecule has 1 aromatic carbocycles. The molecule has 0 aliphatic heterocycles. The number of nitrogens with zero attached hydrogens (tertiary/aromatic N) is 2. The molecule has 0 spiro atoms. The molecule has 3 rings (SSSR count). The van der Waals surface area contributed by atoms with E-state index in [0.29, 0.717) is 30.0 Å². The van der Waals surface area contributed by atoms with Crippen LogP contribution in [0.2, 0.25) is 0 Å². The fraction of sp³-hybridized carbons (Fsp3) is 0.154.